The number of hydrogen-bond acceptors (Lipinski definition) is 2. The summed E-state index contributed by atoms with van der Waals surface area (Å²) in [6.07, 6.45) is 2.63. The van der Waals surface area contributed by atoms with Crippen LogP contribution in [0.3, 0.4) is 0 Å². The molecule has 0 saturated carbocycles. The van der Waals surface area contributed by atoms with Crippen LogP contribution in [0, 0.1) is 0 Å². The highest BCUT2D eigenvalue weighted by Crippen LogP contribution is 2.24. The van der Waals surface area contributed by atoms with Crippen molar-refractivity contribution in [1.29, 1.82) is 0 Å². The average Bonchev–Trinajstić information content (AvgIpc) is 2.10. The number of unbranched alkanes of at least 4 members (excludes halogenated alkanes) is 1. The summed E-state index contributed by atoms with van der Waals surface area (Å²) in [5.74, 6) is 1.27. The SMILES string of the molecule is CCCCSN(C(C)C)C(C)C(C)I. The first kappa shape index (κ1) is 15.0. The van der Waals surface area contributed by atoms with E-state index in [1.54, 1.807) is 0 Å². The molecule has 86 valence electrons. The predicted molar refractivity (Wildman–Crippen MR) is 77.3 cm³/mol. The third kappa shape index (κ3) is 5.81. The van der Waals surface area contributed by atoms with Gasteiger partial charge in [-0.3, -0.25) is 0 Å². The Hall–Kier alpha value is 1.04. The maximum absolute atomic E-state index is 2.55. The molecule has 2 atom stereocenters. The molecule has 0 radical (unpaired) electrons. The van der Waals surface area contributed by atoms with Gasteiger partial charge in [-0.25, -0.2) is 4.31 Å². The zero-order valence-electron chi connectivity index (χ0n) is 10.1. The summed E-state index contributed by atoms with van der Waals surface area (Å²) in [5, 5.41) is 0. The van der Waals surface area contributed by atoms with E-state index in [2.05, 4.69) is 61.5 Å². The van der Waals surface area contributed by atoms with Crippen LogP contribution in [0.1, 0.15) is 47.5 Å². The van der Waals surface area contributed by atoms with Gasteiger partial charge in [0.15, 0.2) is 0 Å². The molecular weight excluding hydrogens is 305 g/mol. The molecule has 14 heavy (non-hydrogen) atoms. The monoisotopic (exact) mass is 329 g/mol. The van der Waals surface area contributed by atoms with Crippen LogP contribution in [0.15, 0.2) is 0 Å². The lowest BCUT2D eigenvalue weighted by molar-refractivity contribution is 0.320. The van der Waals surface area contributed by atoms with Crippen molar-refractivity contribution in [3.05, 3.63) is 0 Å². The molecule has 0 aromatic carbocycles. The molecule has 0 aromatic heterocycles. The summed E-state index contributed by atoms with van der Waals surface area (Å²) < 4.78 is 3.26. The Bertz CT molecular complexity index is 139. The van der Waals surface area contributed by atoms with Gasteiger partial charge in [0.2, 0.25) is 0 Å². The van der Waals surface area contributed by atoms with Crippen LogP contribution in [0.5, 0.6) is 0 Å². The summed E-state index contributed by atoms with van der Waals surface area (Å²) in [7, 11) is 0. The lowest BCUT2D eigenvalue weighted by Crippen LogP contribution is -2.37. The molecule has 0 saturated heterocycles. The van der Waals surface area contributed by atoms with Crippen LogP contribution in [0.4, 0.5) is 0 Å². The molecule has 0 fully saturated rings. The van der Waals surface area contributed by atoms with E-state index >= 15 is 0 Å². The van der Waals surface area contributed by atoms with E-state index in [1.165, 1.54) is 18.6 Å². The van der Waals surface area contributed by atoms with E-state index in [9.17, 15) is 0 Å². The Kier molecular flexibility index (Phi) is 8.83. The van der Waals surface area contributed by atoms with Gasteiger partial charge in [-0.1, -0.05) is 54.8 Å². The quantitative estimate of drug-likeness (QED) is 0.296. The van der Waals surface area contributed by atoms with E-state index < -0.39 is 0 Å². The molecular formula is C11H24INS. The highest BCUT2D eigenvalue weighted by molar-refractivity contribution is 14.1. The van der Waals surface area contributed by atoms with Gasteiger partial charge < -0.3 is 0 Å². The first-order valence-electron chi connectivity index (χ1n) is 5.56. The topological polar surface area (TPSA) is 3.24 Å². The molecule has 0 spiro atoms. The molecule has 0 amide bonds. The number of alkyl halides is 1. The van der Waals surface area contributed by atoms with Gasteiger partial charge in [0, 0.05) is 21.8 Å². The second-order valence-corrected chi connectivity index (χ2v) is 7.11. The van der Waals surface area contributed by atoms with Gasteiger partial charge in [0.1, 0.15) is 0 Å². The molecule has 0 N–H and O–H groups in total. The van der Waals surface area contributed by atoms with Crippen LogP contribution < -0.4 is 0 Å². The van der Waals surface area contributed by atoms with Crippen molar-refractivity contribution < 1.29 is 0 Å². The molecule has 0 aliphatic heterocycles. The minimum atomic E-state index is 0.643. The Balaban J connectivity index is 4.01. The van der Waals surface area contributed by atoms with E-state index in [-0.39, 0.29) is 0 Å². The molecule has 0 rings (SSSR count). The third-order valence-electron chi connectivity index (χ3n) is 2.31. The highest BCUT2D eigenvalue weighted by atomic mass is 127. The first-order valence-corrected chi connectivity index (χ1v) is 7.74. The summed E-state index contributed by atoms with van der Waals surface area (Å²) >= 11 is 4.54. The van der Waals surface area contributed by atoms with E-state index in [0.29, 0.717) is 16.0 Å². The van der Waals surface area contributed by atoms with Gasteiger partial charge in [-0.05, 0) is 27.2 Å². The number of hydrogen-bond donors (Lipinski definition) is 0. The Morgan fingerprint density at radius 2 is 1.79 bits per heavy atom. The van der Waals surface area contributed by atoms with Crippen molar-refractivity contribution in [1.82, 2.24) is 4.31 Å². The van der Waals surface area contributed by atoms with Crippen molar-refractivity contribution >= 4 is 34.5 Å². The molecule has 0 aliphatic carbocycles. The molecule has 3 heteroatoms. The van der Waals surface area contributed by atoms with Gasteiger partial charge >= 0.3 is 0 Å². The fourth-order valence-corrected chi connectivity index (χ4v) is 3.16. The second-order valence-electron chi connectivity index (χ2n) is 4.06. The zero-order valence-corrected chi connectivity index (χ0v) is 13.1. The Morgan fingerprint density at radius 3 is 2.14 bits per heavy atom. The Morgan fingerprint density at radius 1 is 1.21 bits per heavy atom. The van der Waals surface area contributed by atoms with Crippen molar-refractivity contribution in [2.75, 3.05) is 5.75 Å². The van der Waals surface area contributed by atoms with Gasteiger partial charge in [0.25, 0.3) is 0 Å². The van der Waals surface area contributed by atoms with Crippen molar-refractivity contribution in [3.8, 4) is 0 Å². The third-order valence-corrected chi connectivity index (χ3v) is 4.88. The molecule has 1 nitrogen and oxygen atoms in total. The number of rotatable bonds is 7. The molecule has 2 unspecified atom stereocenters. The van der Waals surface area contributed by atoms with Crippen molar-refractivity contribution in [2.24, 2.45) is 0 Å². The van der Waals surface area contributed by atoms with Crippen LogP contribution >= 0.6 is 34.5 Å². The van der Waals surface area contributed by atoms with Crippen molar-refractivity contribution in [3.63, 3.8) is 0 Å². The smallest absolute Gasteiger partial charge is 0.0292 e. The fourth-order valence-electron chi connectivity index (χ4n) is 1.25. The molecule has 0 aliphatic rings. The van der Waals surface area contributed by atoms with Crippen LogP contribution in [0.2, 0.25) is 0 Å². The minimum Gasteiger partial charge on any atom is -0.244 e. The first-order chi connectivity index (χ1) is 6.50. The molecule has 0 bridgehead atoms. The fraction of sp³-hybridized carbons (Fsp3) is 1.00. The van der Waals surface area contributed by atoms with E-state index in [4.69, 9.17) is 0 Å². The summed E-state index contributed by atoms with van der Waals surface area (Å²) in [6.45, 7) is 11.4. The van der Waals surface area contributed by atoms with E-state index in [1.807, 2.05) is 11.9 Å². The lowest BCUT2D eigenvalue weighted by Gasteiger charge is -2.33. The predicted octanol–water partition coefficient (Wildman–Crippen LogP) is 4.36. The summed E-state index contributed by atoms with van der Waals surface area (Å²) in [4.78, 5) is 0. The summed E-state index contributed by atoms with van der Waals surface area (Å²) in [6, 6.07) is 1.31. The van der Waals surface area contributed by atoms with Gasteiger partial charge in [-0.2, -0.15) is 0 Å². The zero-order chi connectivity index (χ0) is 11.1. The maximum atomic E-state index is 2.55. The van der Waals surface area contributed by atoms with Crippen LogP contribution in [-0.2, 0) is 0 Å². The average molecular weight is 329 g/mol. The largest absolute Gasteiger partial charge is 0.244 e. The standard InChI is InChI=1S/C11H24INS/c1-6-7-8-14-13(9(2)3)11(5)10(4)12/h9-11H,6-8H2,1-5H3. The minimum absolute atomic E-state index is 0.643. The van der Waals surface area contributed by atoms with Crippen molar-refractivity contribution in [2.45, 2.75) is 63.5 Å². The second kappa shape index (κ2) is 8.22. The summed E-state index contributed by atoms with van der Waals surface area (Å²) in [5.41, 5.74) is 0. The number of nitrogens with zero attached hydrogens (tertiary/aromatic N) is 1. The highest BCUT2D eigenvalue weighted by Gasteiger charge is 2.20. The molecule has 0 aromatic rings. The molecule has 0 heterocycles. The van der Waals surface area contributed by atoms with Crippen LogP contribution in [0.25, 0.3) is 0 Å². The lowest BCUT2D eigenvalue weighted by atomic mass is 10.2. The maximum Gasteiger partial charge on any atom is 0.0292 e. The van der Waals surface area contributed by atoms with E-state index in [0.717, 1.165) is 0 Å². The Labute approximate surface area is 108 Å². The number of halogens is 1. The van der Waals surface area contributed by atoms with Gasteiger partial charge in [-0.15, -0.1) is 0 Å². The normalized spacial score (nSPS) is 16.3. The van der Waals surface area contributed by atoms with Crippen LogP contribution in [-0.4, -0.2) is 26.1 Å². The van der Waals surface area contributed by atoms with Gasteiger partial charge in [0.05, 0.1) is 0 Å².